The van der Waals surface area contributed by atoms with Gasteiger partial charge in [0.15, 0.2) is 0 Å². The van der Waals surface area contributed by atoms with Crippen LogP contribution in [0.1, 0.15) is 13.8 Å². The topological polar surface area (TPSA) is 64.9 Å². The summed E-state index contributed by atoms with van der Waals surface area (Å²) >= 11 is 0. The summed E-state index contributed by atoms with van der Waals surface area (Å²) in [6, 6.07) is 11.3. The molecule has 0 bridgehead atoms. The molecule has 1 N–H and O–H groups in total. The van der Waals surface area contributed by atoms with Crippen molar-refractivity contribution in [3.8, 4) is 11.7 Å². The first kappa shape index (κ1) is 14.1. The highest BCUT2D eigenvalue weighted by Gasteiger charge is 2.04. The lowest BCUT2D eigenvalue weighted by Crippen LogP contribution is -2.07. The number of anilines is 2. The molecule has 0 unspecified atom stereocenters. The molecule has 0 saturated heterocycles. The average molecular weight is 295 g/mol. The van der Waals surface area contributed by atoms with Crippen molar-refractivity contribution in [3.63, 3.8) is 0 Å². The van der Waals surface area contributed by atoms with Crippen LogP contribution in [0.2, 0.25) is 0 Å². The van der Waals surface area contributed by atoms with Gasteiger partial charge in [-0.25, -0.2) is 9.97 Å². The minimum absolute atomic E-state index is 0.0890. The van der Waals surface area contributed by atoms with E-state index in [0.717, 1.165) is 5.82 Å². The van der Waals surface area contributed by atoms with Crippen molar-refractivity contribution in [2.45, 2.75) is 20.0 Å². The van der Waals surface area contributed by atoms with Gasteiger partial charge in [-0.1, -0.05) is 12.1 Å². The molecule has 0 saturated carbocycles. The molecule has 0 spiro atoms. The third-order valence-corrected chi connectivity index (χ3v) is 2.83. The SMILES string of the molecule is CC(C)Oc1cccc(Nc2cn(-c3ccccn3)cn2)n1. The van der Waals surface area contributed by atoms with Gasteiger partial charge in [-0.3, -0.25) is 4.57 Å². The molecule has 3 heterocycles. The number of pyridine rings is 2. The van der Waals surface area contributed by atoms with Crippen molar-refractivity contribution in [1.82, 2.24) is 19.5 Å². The molecule has 3 aromatic heterocycles. The van der Waals surface area contributed by atoms with E-state index in [4.69, 9.17) is 4.74 Å². The summed E-state index contributed by atoms with van der Waals surface area (Å²) in [6.45, 7) is 3.94. The molecule has 0 aliphatic heterocycles. The highest BCUT2D eigenvalue weighted by atomic mass is 16.5. The summed E-state index contributed by atoms with van der Waals surface area (Å²) in [6.07, 6.45) is 5.40. The van der Waals surface area contributed by atoms with Gasteiger partial charge in [-0.05, 0) is 32.0 Å². The van der Waals surface area contributed by atoms with Crippen LogP contribution in [0.5, 0.6) is 5.88 Å². The molecule has 3 rings (SSSR count). The molecule has 0 aliphatic carbocycles. The van der Waals surface area contributed by atoms with Gasteiger partial charge in [-0.15, -0.1) is 0 Å². The van der Waals surface area contributed by atoms with Crippen LogP contribution in [0, 0.1) is 0 Å². The van der Waals surface area contributed by atoms with E-state index in [-0.39, 0.29) is 6.10 Å². The highest BCUT2D eigenvalue weighted by Crippen LogP contribution is 2.17. The van der Waals surface area contributed by atoms with Crippen LogP contribution in [-0.2, 0) is 0 Å². The molecule has 0 fully saturated rings. The number of imidazole rings is 1. The Morgan fingerprint density at radius 1 is 1.05 bits per heavy atom. The number of aromatic nitrogens is 4. The van der Waals surface area contributed by atoms with Crippen LogP contribution in [0.25, 0.3) is 5.82 Å². The zero-order valence-electron chi connectivity index (χ0n) is 12.5. The van der Waals surface area contributed by atoms with Crippen molar-refractivity contribution in [1.29, 1.82) is 0 Å². The van der Waals surface area contributed by atoms with E-state index < -0.39 is 0 Å². The van der Waals surface area contributed by atoms with Crippen molar-refractivity contribution in [2.75, 3.05) is 5.32 Å². The van der Waals surface area contributed by atoms with E-state index in [1.54, 1.807) is 12.5 Å². The summed E-state index contributed by atoms with van der Waals surface area (Å²) < 4.78 is 7.42. The fraction of sp³-hybridized carbons (Fsp3) is 0.188. The van der Waals surface area contributed by atoms with Gasteiger partial charge < -0.3 is 10.1 Å². The average Bonchev–Trinajstić information content (AvgIpc) is 2.96. The first-order valence-electron chi connectivity index (χ1n) is 7.07. The van der Waals surface area contributed by atoms with E-state index in [1.165, 1.54) is 0 Å². The van der Waals surface area contributed by atoms with Crippen LogP contribution in [0.15, 0.2) is 55.1 Å². The monoisotopic (exact) mass is 295 g/mol. The minimum atomic E-state index is 0.0890. The number of hydrogen-bond donors (Lipinski definition) is 1. The quantitative estimate of drug-likeness (QED) is 0.783. The predicted molar refractivity (Wildman–Crippen MR) is 84.6 cm³/mol. The maximum Gasteiger partial charge on any atom is 0.215 e. The Bertz CT molecular complexity index is 739. The number of hydrogen-bond acceptors (Lipinski definition) is 5. The Morgan fingerprint density at radius 2 is 1.95 bits per heavy atom. The third-order valence-electron chi connectivity index (χ3n) is 2.83. The Morgan fingerprint density at radius 3 is 2.73 bits per heavy atom. The number of nitrogens with zero attached hydrogens (tertiary/aromatic N) is 4. The molecule has 0 aliphatic rings. The largest absolute Gasteiger partial charge is 0.475 e. The number of nitrogens with one attached hydrogen (secondary N) is 1. The summed E-state index contributed by atoms with van der Waals surface area (Å²) in [7, 11) is 0. The highest BCUT2D eigenvalue weighted by molar-refractivity contribution is 5.51. The second kappa shape index (κ2) is 6.26. The molecule has 22 heavy (non-hydrogen) atoms. The van der Waals surface area contributed by atoms with Crippen molar-refractivity contribution in [3.05, 3.63) is 55.1 Å². The second-order valence-electron chi connectivity index (χ2n) is 5.01. The van der Waals surface area contributed by atoms with Crippen LogP contribution in [-0.4, -0.2) is 25.6 Å². The number of rotatable bonds is 5. The van der Waals surface area contributed by atoms with Crippen LogP contribution >= 0.6 is 0 Å². The third kappa shape index (κ3) is 3.41. The van der Waals surface area contributed by atoms with Crippen LogP contribution in [0.3, 0.4) is 0 Å². The first-order valence-corrected chi connectivity index (χ1v) is 7.07. The minimum Gasteiger partial charge on any atom is -0.475 e. The second-order valence-corrected chi connectivity index (χ2v) is 5.01. The van der Waals surface area contributed by atoms with Crippen LogP contribution in [0.4, 0.5) is 11.6 Å². The Labute approximate surface area is 128 Å². The van der Waals surface area contributed by atoms with Crippen molar-refractivity contribution >= 4 is 11.6 Å². The maximum atomic E-state index is 5.58. The smallest absolute Gasteiger partial charge is 0.215 e. The first-order chi connectivity index (χ1) is 10.7. The fourth-order valence-corrected chi connectivity index (χ4v) is 1.94. The summed E-state index contributed by atoms with van der Waals surface area (Å²) in [5.41, 5.74) is 0. The van der Waals surface area contributed by atoms with E-state index >= 15 is 0 Å². The normalized spacial score (nSPS) is 10.7. The molecule has 6 nitrogen and oxygen atoms in total. The van der Waals surface area contributed by atoms with Crippen molar-refractivity contribution in [2.24, 2.45) is 0 Å². The molecule has 0 amide bonds. The Hall–Kier alpha value is -2.89. The lowest BCUT2D eigenvalue weighted by molar-refractivity contribution is 0.233. The molecule has 0 atom stereocenters. The molecule has 0 radical (unpaired) electrons. The molecule has 3 aromatic rings. The van der Waals surface area contributed by atoms with E-state index in [9.17, 15) is 0 Å². The molecule has 112 valence electrons. The Balaban J connectivity index is 1.75. The summed E-state index contributed by atoms with van der Waals surface area (Å²) in [4.78, 5) is 13.0. The van der Waals surface area contributed by atoms with Gasteiger partial charge >= 0.3 is 0 Å². The molecule has 6 heteroatoms. The van der Waals surface area contributed by atoms with E-state index in [0.29, 0.717) is 17.5 Å². The lowest BCUT2D eigenvalue weighted by atomic mass is 10.4. The van der Waals surface area contributed by atoms with Gasteiger partial charge in [0.2, 0.25) is 5.88 Å². The number of ether oxygens (including phenoxy) is 1. The zero-order valence-corrected chi connectivity index (χ0v) is 12.5. The van der Waals surface area contributed by atoms with Crippen molar-refractivity contribution < 1.29 is 4.74 Å². The zero-order chi connectivity index (χ0) is 15.4. The molecular weight excluding hydrogens is 278 g/mol. The lowest BCUT2D eigenvalue weighted by Gasteiger charge is -2.09. The fourth-order valence-electron chi connectivity index (χ4n) is 1.94. The summed E-state index contributed by atoms with van der Waals surface area (Å²) in [5.74, 6) is 2.78. The maximum absolute atomic E-state index is 5.58. The molecule has 0 aromatic carbocycles. The summed E-state index contributed by atoms with van der Waals surface area (Å²) in [5, 5.41) is 3.16. The van der Waals surface area contributed by atoms with Gasteiger partial charge in [0.25, 0.3) is 0 Å². The van der Waals surface area contributed by atoms with Gasteiger partial charge in [0, 0.05) is 12.3 Å². The van der Waals surface area contributed by atoms with E-state index in [1.807, 2.05) is 61.0 Å². The predicted octanol–water partition coefficient (Wildman–Crippen LogP) is 3.19. The van der Waals surface area contributed by atoms with Crippen LogP contribution < -0.4 is 10.1 Å². The Kier molecular flexibility index (Phi) is 4.00. The standard InChI is InChI=1S/C16H17N5O/c1-12(2)22-16-8-5-6-13(20-16)19-14-10-21(11-18-14)15-7-3-4-9-17-15/h3-12H,1-2H3,(H,19,20). The molecular formula is C16H17N5O. The van der Waals surface area contributed by atoms with Gasteiger partial charge in [0.05, 0.1) is 12.3 Å². The van der Waals surface area contributed by atoms with E-state index in [2.05, 4.69) is 20.3 Å². The van der Waals surface area contributed by atoms with Gasteiger partial charge in [-0.2, -0.15) is 4.98 Å². The van der Waals surface area contributed by atoms with Gasteiger partial charge in [0.1, 0.15) is 23.8 Å².